The minimum absolute atomic E-state index is 0.198. The van der Waals surface area contributed by atoms with Crippen LogP contribution in [0.2, 0.25) is 5.02 Å². The molecule has 1 spiro atoms. The second-order valence-electron chi connectivity index (χ2n) is 14.8. The van der Waals surface area contributed by atoms with E-state index in [9.17, 15) is 9.90 Å². The second-order valence-corrected chi connectivity index (χ2v) is 17.2. The van der Waals surface area contributed by atoms with Gasteiger partial charge in [-0.2, -0.15) is 0 Å². The summed E-state index contributed by atoms with van der Waals surface area (Å²) in [5.41, 5.74) is 7.20. The van der Waals surface area contributed by atoms with Gasteiger partial charge in [-0.15, -0.1) is 11.3 Å². The van der Waals surface area contributed by atoms with Crippen molar-refractivity contribution >= 4 is 82.9 Å². The first-order valence-electron chi connectivity index (χ1n) is 16.9. The van der Waals surface area contributed by atoms with Gasteiger partial charge in [0, 0.05) is 24.1 Å². The Morgan fingerprint density at radius 3 is 2.54 bits per heavy atom. The third kappa shape index (κ3) is 6.08. The minimum Gasteiger partial charge on any atom is -0.506 e. The number of aromatic hydroxyl groups is 1. The lowest BCUT2D eigenvalue weighted by Gasteiger charge is -2.42. The van der Waals surface area contributed by atoms with Gasteiger partial charge in [0.25, 0.3) is 0 Å². The fourth-order valence-electron chi connectivity index (χ4n) is 7.63. The van der Waals surface area contributed by atoms with Crippen LogP contribution in [0, 0.1) is 12.3 Å². The number of nitrogens with one attached hydrogen (secondary N) is 2. The summed E-state index contributed by atoms with van der Waals surface area (Å²) in [5.74, 6) is 0.209. The Labute approximate surface area is 304 Å². The van der Waals surface area contributed by atoms with Crippen LogP contribution in [-0.2, 0) is 5.41 Å². The number of aryl methyl sites for hydroxylation is 1. The van der Waals surface area contributed by atoms with Crippen LogP contribution in [-0.4, -0.2) is 52.2 Å². The summed E-state index contributed by atoms with van der Waals surface area (Å²) < 4.78 is 1.98. The summed E-state index contributed by atoms with van der Waals surface area (Å²) in [6, 6.07) is 23.1. The number of phenols is 1. The predicted molar refractivity (Wildman–Crippen MR) is 209 cm³/mol. The fourth-order valence-corrected chi connectivity index (χ4v) is 9.88. The van der Waals surface area contributed by atoms with Crippen LogP contribution >= 0.6 is 34.3 Å². The minimum atomic E-state index is -0.373. The highest BCUT2D eigenvalue weighted by Gasteiger charge is 2.49. The number of rotatable bonds is 5. The summed E-state index contributed by atoms with van der Waals surface area (Å²) in [5, 5.41) is 19.8. The van der Waals surface area contributed by atoms with Gasteiger partial charge in [0.15, 0.2) is 5.13 Å². The number of aromatic nitrogens is 2. The predicted octanol–water partition coefficient (Wildman–Crippen LogP) is 10.4. The van der Waals surface area contributed by atoms with E-state index < -0.39 is 0 Å². The van der Waals surface area contributed by atoms with E-state index in [4.69, 9.17) is 16.6 Å². The molecule has 2 aromatic heterocycles. The zero-order valence-corrected chi connectivity index (χ0v) is 30.9. The van der Waals surface area contributed by atoms with Gasteiger partial charge in [-0.25, -0.2) is 14.8 Å². The van der Waals surface area contributed by atoms with E-state index in [1.165, 1.54) is 11.3 Å². The first-order chi connectivity index (χ1) is 24.0. The number of fused-ring (bicyclic) bond motifs is 4. The van der Waals surface area contributed by atoms with Crippen LogP contribution in [0.1, 0.15) is 44.7 Å². The van der Waals surface area contributed by atoms with Crippen LogP contribution in [0.5, 0.6) is 5.75 Å². The largest absolute Gasteiger partial charge is 0.506 e. The summed E-state index contributed by atoms with van der Waals surface area (Å²) in [4.78, 5) is 27.9. The van der Waals surface area contributed by atoms with Gasteiger partial charge in [0.2, 0.25) is 0 Å². The number of halogens is 1. The number of carbonyl (C=O) groups excluding carboxylic acids is 1. The van der Waals surface area contributed by atoms with Crippen molar-refractivity contribution in [1.29, 1.82) is 0 Å². The first-order valence-corrected chi connectivity index (χ1v) is 18.9. The Kier molecular flexibility index (Phi) is 8.26. The number of amides is 2. The fraction of sp³-hybridized carbons (Fsp3) is 0.308. The summed E-state index contributed by atoms with van der Waals surface area (Å²) >= 11 is 9.67. The van der Waals surface area contributed by atoms with E-state index >= 15 is 0 Å². The third-order valence-electron chi connectivity index (χ3n) is 9.73. The maximum atomic E-state index is 13.5. The van der Waals surface area contributed by atoms with Crippen LogP contribution in [0.4, 0.5) is 27.0 Å². The van der Waals surface area contributed by atoms with Gasteiger partial charge >= 0.3 is 6.03 Å². The van der Waals surface area contributed by atoms with Crippen molar-refractivity contribution in [3.8, 4) is 16.3 Å². The molecular weight excluding hydrogens is 684 g/mol. The Morgan fingerprint density at radius 1 is 0.960 bits per heavy atom. The SMILES string of the molecule is Cc1ccc2nc(NC(=O)Nc3ccccc3N3CC4(CCN(CC(C)(C)C)CC4)c4c(-c5nc6cccc(Cl)c6s5)ccc(O)c43)sc2c1. The number of likely N-dealkylation sites (tertiary alicyclic amines) is 1. The van der Waals surface area contributed by atoms with Crippen molar-refractivity contribution in [2.75, 3.05) is 41.7 Å². The lowest BCUT2D eigenvalue weighted by molar-refractivity contribution is 0.125. The molecule has 0 aliphatic carbocycles. The van der Waals surface area contributed by atoms with Crippen LogP contribution in [0.15, 0.2) is 72.8 Å². The van der Waals surface area contributed by atoms with Crippen molar-refractivity contribution in [1.82, 2.24) is 14.9 Å². The van der Waals surface area contributed by atoms with Gasteiger partial charge in [-0.05, 0) is 97.9 Å². The molecule has 256 valence electrons. The number of phenolic OH excluding ortho intramolecular Hbond substituents is 1. The molecule has 0 saturated carbocycles. The summed E-state index contributed by atoms with van der Waals surface area (Å²) in [6.45, 7) is 12.5. The monoisotopic (exact) mass is 722 g/mol. The average molecular weight is 723 g/mol. The number of urea groups is 1. The average Bonchev–Trinajstić information content (AvgIpc) is 3.77. The molecule has 2 aliphatic heterocycles. The highest BCUT2D eigenvalue weighted by molar-refractivity contribution is 7.22. The molecule has 6 aromatic rings. The maximum absolute atomic E-state index is 13.5. The topological polar surface area (TPSA) is 93.6 Å². The Balaban J connectivity index is 1.18. The van der Waals surface area contributed by atoms with E-state index in [0.29, 0.717) is 22.4 Å². The number of carbonyl (C=O) groups is 1. The molecule has 11 heteroatoms. The number of benzene rings is 4. The molecule has 2 amide bonds. The molecule has 3 N–H and O–H groups in total. The van der Waals surface area contributed by atoms with Crippen LogP contribution in [0.3, 0.4) is 0 Å². The molecular formula is C39H39ClN6O2S2. The molecule has 50 heavy (non-hydrogen) atoms. The lowest BCUT2D eigenvalue weighted by Crippen LogP contribution is -2.47. The summed E-state index contributed by atoms with van der Waals surface area (Å²) in [6.07, 6.45) is 1.86. The van der Waals surface area contributed by atoms with Crippen molar-refractivity contribution < 1.29 is 9.90 Å². The van der Waals surface area contributed by atoms with E-state index in [0.717, 1.165) is 86.0 Å². The maximum Gasteiger partial charge on any atom is 0.325 e. The van der Waals surface area contributed by atoms with Crippen molar-refractivity contribution in [2.45, 2.75) is 46.0 Å². The number of anilines is 4. The van der Waals surface area contributed by atoms with E-state index in [1.807, 2.05) is 67.6 Å². The van der Waals surface area contributed by atoms with E-state index in [1.54, 1.807) is 17.4 Å². The number of nitrogens with zero attached hydrogens (tertiary/aromatic N) is 4. The molecule has 0 atom stereocenters. The Morgan fingerprint density at radius 2 is 1.76 bits per heavy atom. The third-order valence-corrected chi connectivity index (χ3v) is 12.2. The number of para-hydroxylation sites is 2. The number of hydrogen-bond acceptors (Lipinski definition) is 8. The molecule has 0 radical (unpaired) electrons. The molecule has 1 saturated heterocycles. The molecule has 8 rings (SSSR count). The first kappa shape index (κ1) is 33.0. The van der Waals surface area contributed by atoms with Gasteiger partial charge in [0.05, 0.1) is 42.5 Å². The molecule has 1 fully saturated rings. The van der Waals surface area contributed by atoms with Crippen LogP contribution in [0.25, 0.3) is 31.0 Å². The standard InChI is InChI=1S/C39H39ClN6O2S2/c1-23-12-14-27-31(20-23)49-37(43-27)44-36(48)42-26-9-5-6-11-29(26)46-22-39(16-18-45(19-17-39)21-38(2,3)4)32-24(13-15-30(47)33(32)46)35-41-28-10-7-8-25(40)34(28)50-35/h5-15,20,47H,16-19,21-22H2,1-4H3,(H2,42,43,44,48). The Bertz CT molecular complexity index is 2270. The highest BCUT2D eigenvalue weighted by atomic mass is 35.5. The number of thiazole rings is 2. The van der Waals surface area contributed by atoms with Gasteiger partial charge < -0.3 is 20.2 Å². The molecule has 8 nitrogen and oxygen atoms in total. The van der Waals surface area contributed by atoms with Gasteiger partial charge in [-0.3, -0.25) is 5.32 Å². The number of hydrogen-bond donors (Lipinski definition) is 3. The smallest absolute Gasteiger partial charge is 0.325 e. The normalized spacial score (nSPS) is 16.0. The zero-order valence-electron chi connectivity index (χ0n) is 28.5. The van der Waals surface area contributed by atoms with Crippen molar-refractivity contribution in [3.63, 3.8) is 0 Å². The van der Waals surface area contributed by atoms with Gasteiger partial charge in [-0.1, -0.05) is 68.0 Å². The summed E-state index contributed by atoms with van der Waals surface area (Å²) in [7, 11) is 0. The van der Waals surface area contributed by atoms with Gasteiger partial charge in [0.1, 0.15) is 10.8 Å². The molecule has 4 aromatic carbocycles. The molecule has 4 heterocycles. The molecule has 0 unspecified atom stereocenters. The number of piperidine rings is 1. The zero-order chi connectivity index (χ0) is 34.8. The van der Waals surface area contributed by atoms with Crippen molar-refractivity contribution in [3.05, 3.63) is 88.9 Å². The Hall–Kier alpha value is -4.22. The highest BCUT2D eigenvalue weighted by Crippen LogP contribution is 2.57. The molecule has 0 bridgehead atoms. The van der Waals surface area contributed by atoms with Crippen molar-refractivity contribution in [2.24, 2.45) is 5.41 Å². The van der Waals surface area contributed by atoms with E-state index in [-0.39, 0.29) is 22.6 Å². The second kappa shape index (κ2) is 12.5. The lowest BCUT2D eigenvalue weighted by atomic mass is 9.72. The van der Waals surface area contributed by atoms with Crippen LogP contribution < -0.4 is 15.5 Å². The molecule has 2 aliphatic rings. The van der Waals surface area contributed by atoms with E-state index in [2.05, 4.69) is 52.3 Å². The quantitative estimate of drug-likeness (QED) is 0.164.